The van der Waals surface area contributed by atoms with E-state index >= 15 is 0 Å². The highest BCUT2D eigenvalue weighted by atomic mass is 15.1. The zero-order valence-corrected chi connectivity index (χ0v) is 32.1. The van der Waals surface area contributed by atoms with E-state index in [4.69, 9.17) is 0 Å². The van der Waals surface area contributed by atoms with Gasteiger partial charge in [0, 0.05) is 37.9 Å². The molecule has 278 valence electrons. The SMILES string of the molecule is N#Cc1ccc(-c2c(C#N)c(-n3c4ccccc4c4cc(C#N)ccc43)c(-n3c4ccccc4c4ccccc43)c(-n3c4ccccc4c4cc(C#N)ccc43)c2C#N)cc1. The molecule has 61 heavy (non-hydrogen) atoms. The number of nitrogens with zero attached hydrogens (tertiary/aromatic N) is 8. The number of hydrogen-bond acceptors (Lipinski definition) is 5. The highest BCUT2D eigenvalue weighted by Crippen LogP contribution is 2.48. The third kappa shape index (κ3) is 4.88. The largest absolute Gasteiger partial charge is 0.306 e. The monoisotopic (exact) mass is 774 g/mol. The molecule has 0 atom stereocenters. The summed E-state index contributed by atoms with van der Waals surface area (Å²) in [5, 5.41) is 58.9. The van der Waals surface area contributed by atoms with Crippen LogP contribution < -0.4 is 0 Å². The van der Waals surface area contributed by atoms with E-state index in [9.17, 15) is 26.3 Å². The Morgan fingerprint density at radius 1 is 0.295 bits per heavy atom. The molecule has 0 saturated heterocycles. The Kier molecular flexibility index (Phi) is 7.62. The van der Waals surface area contributed by atoms with E-state index < -0.39 is 0 Å². The molecular weight excluding hydrogens is 749 g/mol. The molecule has 11 rings (SSSR count). The van der Waals surface area contributed by atoms with Crippen molar-refractivity contribution in [2.45, 2.75) is 0 Å². The minimum absolute atomic E-state index is 0.251. The molecule has 0 fully saturated rings. The lowest BCUT2D eigenvalue weighted by atomic mass is 9.90. The van der Waals surface area contributed by atoms with Gasteiger partial charge < -0.3 is 13.7 Å². The summed E-state index contributed by atoms with van der Waals surface area (Å²) in [6.45, 7) is 0. The summed E-state index contributed by atoms with van der Waals surface area (Å²) >= 11 is 0. The van der Waals surface area contributed by atoms with Gasteiger partial charge in [-0.2, -0.15) is 26.3 Å². The van der Waals surface area contributed by atoms with Gasteiger partial charge in [-0.05, 0) is 78.4 Å². The highest BCUT2D eigenvalue weighted by Gasteiger charge is 2.33. The topological polar surface area (TPSA) is 134 Å². The number of benzene rings is 8. The van der Waals surface area contributed by atoms with E-state index in [1.54, 1.807) is 36.4 Å². The second-order valence-electron chi connectivity index (χ2n) is 14.8. The van der Waals surface area contributed by atoms with Crippen LogP contribution in [0.1, 0.15) is 27.8 Å². The quantitative estimate of drug-likeness (QED) is 0.175. The van der Waals surface area contributed by atoms with Crippen molar-refractivity contribution >= 4 is 65.4 Å². The van der Waals surface area contributed by atoms with Crippen LogP contribution in [0.5, 0.6) is 0 Å². The van der Waals surface area contributed by atoms with Crippen LogP contribution in [-0.4, -0.2) is 13.7 Å². The predicted molar refractivity (Wildman–Crippen MR) is 238 cm³/mol. The first-order chi connectivity index (χ1) is 30.1. The third-order valence-electron chi connectivity index (χ3n) is 11.8. The maximum atomic E-state index is 11.8. The van der Waals surface area contributed by atoms with Crippen molar-refractivity contribution < 1.29 is 0 Å². The molecule has 0 radical (unpaired) electrons. The number of aromatic nitrogens is 3. The number of para-hydroxylation sites is 4. The van der Waals surface area contributed by atoms with E-state index in [2.05, 4.69) is 68.3 Å². The molecule has 0 N–H and O–H groups in total. The minimum atomic E-state index is 0.251. The standard InChI is InChI=1S/C53H26N8/c54-27-32-17-21-35(22-18-32)50-42(30-57)51(59-46-15-7-3-11-38(46)40-25-33(28-55)19-23-48(40)59)53(61-44-13-5-1-9-36(44)37-10-2-6-14-45(37)61)52(43(50)31-58)60-47-16-8-4-12-39(47)41-26-34(29-56)20-24-49(41)60/h1-26H. The van der Waals surface area contributed by atoms with Gasteiger partial charge in [-0.3, -0.25) is 0 Å². The number of hydrogen-bond donors (Lipinski definition) is 0. The lowest BCUT2D eigenvalue weighted by molar-refractivity contribution is 1.04. The fraction of sp³-hybridized carbons (Fsp3) is 0. The van der Waals surface area contributed by atoms with Gasteiger partial charge in [0.15, 0.2) is 0 Å². The fourth-order valence-corrected chi connectivity index (χ4v) is 9.31. The Balaban J connectivity index is 1.49. The summed E-state index contributed by atoms with van der Waals surface area (Å²) in [5.74, 6) is 0. The molecule has 8 nitrogen and oxygen atoms in total. The summed E-state index contributed by atoms with van der Waals surface area (Å²) < 4.78 is 6.37. The van der Waals surface area contributed by atoms with Crippen LogP contribution in [0.3, 0.4) is 0 Å². The maximum Gasteiger partial charge on any atom is 0.102 e. The highest BCUT2D eigenvalue weighted by molar-refractivity contribution is 6.15. The van der Waals surface area contributed by atoms with Crippen molar-refractivity contribution in [1.82, 2.24) is 13.7 Å². The van der Waals surface area contributed by atoms with Gasteiger partial charge in [0.05, 0.1) is 96.2 Å². The molecular formula is C53H26N8. The van der Waals surface area contributed by atoms with Gasteiger partial charge in [0.2, 0.25) is 0 Å². The molecule has 0 aliphatic heterocycles. The Morgan fingerprint density at radius 2 is 0.623 bits per heavy atom. The molecule has 0 spiro atoms. The summed E-state index contributed by atoms with van der Waals surface area (Å²) in [7, 11) is 0. The van der Waals surface area contributed by atoms with Gasteiger partial charge in [-0.15, -0.1) is 0 Å². The van der Waals surface area contributed by atoms with Crippen LogP contribution in [0, 0.1) is 56.7 Å². The Bertz CT molecular complexity index is 3710. The Morgan fingerprint density at radius 3 is 1.00 bits per heavy atom. The first-order valence-corrected chi connectivity index (χ1v) is 19.5. The second kappa shape index (κ2) is 13.3. The summed E-state index contributed by atoms with van der Waals surface area (Å²) in [6.07, 6.45) is 0. The lowest BCUT2D eigenvalue weighted by Crippen LogP contribution is -2.15. The van der Waals surface area contributed by atoms with Crippen molar-refractivity contribution in [3.63, 3.8) is 0 Å². The second-order valence-corrected chi connectivity index (χ2v) is 14.8. The lowest BCUT2D eigenvalue weighted by Gasteiger charge is -2.26. The molecule has 0 unspecified atom stereocenters. The molecule has 0 amide bonds. The Labute approximate surface area is 348 Å². The fourth-order valence-electron chi connectivity index (χ4n) is 9.31. The molecule has 0 aliphatic rings. The average Bonchev–Trinajstić information content (AvgIpc) is 3.95. The van der Waals surface area contributed by atoms with Crippen molar-refractivity contribution in [1.29, 1.82) is 26.3 Å². The first-order valence-electron chi connectivity index (χ1n) is 19.5. The van der Waals surface area contributed by atoms with Crippen LogP contribution in [0.25, 0.3) is 93.6 Å². The summed E-state index contributed by atoms with van der Waals surface area (Å²) in [6, 6.07) is 62.4. The zero-order chi connectivity index (χ0) is 41.4. The first kappa shape index (κ1) is 34.8. The van der Waals surface area contributed by atoms with E-state index in [0.29, 0.717) is 44.9 Å². The molecule has 3 aromatic heterocycles. The van der Waals surface area contributed by atoms with Crippen molar-refractivity contribution in [2.75, 3.05) is 0 Å². The molecule has 3 heterocycles. The van der Waals surface area contributed by atoms with Gasteiger partial charge >= 0.3 is 0 Å². The summed E-state index contributed by atoms with van der Waals surface area (Å²) in [5.41, 5.74) is 9.43. The zero-order valence-electron chi connectivity index (χ0n) is 32.1. The third-order valence-corrected chi connectivity index (χ3v) is 11.8. The van der Waals surface area contributed by atoms with Crippen LogP contribution in [0.2, 0.25) is 0 Å². The van der Waals surface area contributed by atoms with E-state index in [-0.39, 0.29) is 11.1 Å². The van der Waals surface area contributed by atoms with Gasteiger partial charge in [-0.1, -0.05) is 84.9 Å². The normalized spacial score (nSPS) is 11.2. The van der Waals surface area contributed by atoms with Gasteiger partial charge in [0.25, 0.3) is 0 Å². The van der Waals surface area contributed by atoms with Gasteiger partial charge in [0.1, 0.15) is 12.1 Å². The molecule has 0 saturated carbocycles. The van der Waals surface area contributed by atoms with Crippen molar-refractivity contribution in [3.8, 4) is 58.5 Å². The van der Waals surface area contributed by atoms with E-state index in [1.165, 1.54) is 0 Å². The predicted octanol–water partition coefficient (Wildman–Crippen LogP) is 12.0. The maximum absolute atomic E-state index is 11.8. The number of fused-ring (bicyclic) bond motifs is 9. The molecule has 0 aliphatic carbocycles. The van der Waals surface area contributed by atoms with Gasteiger partial charge in [-0.25, -0.2) is 0 Å². The van der Waals surface area contributed by atoms with E-state index in [0.717, 1.165) is 65.4 Å². The minimum Gasteiger partial charge on any atom is -0.306 e. The smallest absolute Gasteiger partial charge is 0.102 e. The Hall–Kier alpha value is -9.39. The summed E-state index contributed by atoms with van der Waals surface area (Å²) in [4.78, 5) is 0. The van der Waals surface area contributed by atoms with Crippen molar-refractivity contribution in [3.05, 3.63) is 186 Å². The molecule has 8 aromatic carbocycles. The van der Waals surface area contributed by atoms with E-state index in [1.807, 2.05) is 97.1 Å². The number of rotatable bonds is 4. The molecule has 11 aromatic rings. The molecule has 0 bridgehead atoms. The average molecular weight is 775 g/mol. The van der Waals surface area contributed by atoms with Crippen LogP contribution >= 0.6 is 0 Å². The van der Waals surface area contributed by atoms with Crippen LogP contribution in [0.4, 0.5) is 0 Å². The van der Waals surface area contributed by atoms with Crippen LogP contribution in [-0.2, 0) is 0 Å². The van der Waals surface area contributed by atoms with Crippen LogP contribution in [0.15, 0.2) is 158 Å². The van der Waals surface area contributed by atoms with Crippen molar-refractivity contribution in [2.24, 2.45) is 0 Å². The molecule has 8 heteroatoms. The number of nitriles is 5.